The summed E-state index contributed by atoms with van der Waals surface area (Å²) in [6, 6.07) is 5.69. The molecule has 11 heteroatoms. The van der Waals surface area contributed by atoms with Crippen molar-refractivity contribution in [2.24, 2.45) is 5.92 Å². The van der Waals surface area contributed by atoms with Crippen molar-refractivity contribution in [2.45, 2.75) is 44.6 Å². The van der Waals surface area contributed by atoms with E-state index in [4.69, 9.17) is 4.74 Å². The zero-order valence-corrected chi connectivity index (χ0v) is 19.2. The third kappa shape index (κ3) is 4.44. The Bertz CT molecular complexity index is 1130. The van der Waals surface area contributed by atoms with Crippen LogP contribution in [0, 0.1) is 5.92 Å². The summed E-state index contributed by atoms with van der Waals surface area (Å²) in [4.78, 5) is 16.3. The third-order valence-electron chi connectivity index (χ3n) is 6.33. The van der Waals surface area contributed by atoms with Gasteiger partial charge in [0.05, 0.1) is 6.04 Å². The maximum atomic E-state index is 13.4. The Morgan fingerprint density at radius 3 is 2.55 bits per heavy atom. The Morgan fingerprint density at radius 1 is 1.12 bits per heavy atom. The Labute approximate surface area is 195 Å². The van der Waals surface area contributed by atoms with E-state index in [-0.39, 0.29) is 17.9 Å². The average molecular weight is 528 g/mol. The van der Waals surface area contributed by atoms with Crippen molar-refractivity contribution in [1.29, 1.82) is 0 Å². The minimum Gasteiger partial charge on any atom is -0.381 e. The number of aromatic nitrogens is 4. The van der Waals surface area contributed by atoms with Crippen LogP contribution in [0.4, 0.5) is 23.5 Å². The van der Waals surface area contributed by atoms with Gasteiger partial charge in [0, 0.05) is 40.8 Å². The van der Waals surface area contributed by atoms with Crippen LogP contribution < -0.4 is 4.90 Å². The molecule has 1 aromatic carbocycles. The van der Waals surface area contributed by atoms with E-state index in [2.05, 4.69) is 35.9 Å². The molecule has 0 spiro atoms. The van der Waals surface area contributed by atoms with Gasteiger partial charge in [-0.05, 0) is 55.4 Å². The van der Waals surface area contributed by atoms with Crippen LogP contribution in [0.25, 0.3) is 10.9 Å². The Balaban J connectivity index is 1.60. The van der Waals surface area contributed by atoms with Crippen molar-refractivity contribution in [3.63, 3.8) is 0 Å². The molecular weight excluding hydrogens is 506 g/mol. The van der Waals surface area contributed by atoms with Crippen LogP contribution in [0.5, 0.6) is 0 Å². The quantitative estimate of drug-likeness (QED) is 0.417. The van der Waals surface area contributed by atoms with E-state index >= 15 is 0 Å². The lowest BCUT2D eigenvalue weighted by Gasteiger charge is -2.38. The fourth-order valence-electron chi connectivity index (χ4n) is 4.85. The lowest BCUT2D eigenvalue weighted by atomic mass is 9.88. The number of nitrogens with zero attached hydrogens (tertiary/aromatic N) is 4. The first-order valence-electron chi connectivity index (χ1n) is 10.9. The molecule has 176 valence electrons. The summed E-state index contributed by atoms with van der Waals surface area (Å²) in [6.45, 7) is 1.74. The number of benzene rings is 1. The summed E-state index contributed by atoms with van der Waals surface area (Å²) in [5, 5.41) is 1.08. The maximum Gasteiger partial charge on any atom is 0.297 e. The number of alkyl halides is 4. The van der Waals surface area contributed by atoms with Gasteiger partial charge in [-0.15, -0.1) is 0 Å². The molecule has 0 radical (unpaired) electrons. The first kappa shape index (κ1) is 22.5. The van der Waals surface area contributed by atoms with Crippen LogP contribution in [0.3, 0.4) is 0 Å². The molecule has 2 aliphatic heterocycles. The van der Waals surface area contributed by atoms with Crippen LogP contribution in [-0.4, -0.2) is 39.7 Å². The van der Waals surface area contributed by atoms with Crippen molar-refractivity contribution in [3.8, 4) is 0 Å². The topological polar surface area (TPSA) is 66.9 Å². The zero-order chi connectivity index (χ0) is 23.1. The molecule has 5 rings (SSSR count). The molecule has 2 aliphatic rings. The van der Waals surface area contributed by atoms with Crippen molar-refractivity contribution in [3.05, 3.63) is 45.6 Å². The molecule has 0 amide bonds. The molecule has 2 aromatic heterocycles. The number of nitrogens with one attached hydrogen (secondary N) is 1. The minimum atomic E-state index is -3.07. The second-order valence-corrected chi connectivity index (χ2v) is 9.35. The maximum absolute atomic E-state index is 13.4. The smallest absolute Gasteiger partial charge is 0.297 e. The number of hydrogen-bond donors (Lipinski definition) is 1. The van der Waals surface area contributed by atoms with Crippen molar-refractivity contribution >= 4 is 32.8 Å². The van der Waals surface area contributed by atoms with E-state index in [1.54, 1.807) is 4.90 Å². The summed E-state index contributed by atoms with van der Waals surface area (Å²) in [5.74, 6) is -1.74. The highest BCUT2D eigenvalue weighted by Gasteiger charge is 2.35. The summed E-state index contributed by atoms with van der Waals surface area (Å²) < 4.78 is 60.2. The van der Waals surface area contributed by atoms with Crippen molar-refractivity contribution in [2.75, 3.05) is 24.7 Å². The van der Waals surface area contributed by atoms with Gasteiger partial charge in [0.15, 0.2) is 0 Å². The van der Waals surface area contributed by atoms with Gasteiger partial charge in [-0.3, -0.25) is 0 Å². The predicted octanol–water partition coefficient (Wildman–Crippen LogP) is 5.91. The molecule has 1 fully saturated rings. The number of fused-ring (bicyclic) bond motifs is 3. The fourth-order valence-corrected chi connectivity index (χ4v) is 5.21. The van der Waals surface area contributed by atoms with Crippen molar-refractivity contribution in [1.82, 2.24) is 19.9 Å². The molecule has 0 bridgehead atoms. The first-order valence-corrected chi connectivity index (χ1v) is 11.7. The van der Waals surface area contributed by atoms with Crippen LogP contribution >= 0.6 is 15.9 Å². The summed E-state index contributed by atoms with van der Waals surface area (Å²) >= 11 is 3.52. The number of H-pyrrole nitrogens is 1. The monoisotopic (exact) mass is 527 g/mol. The number of hydrogen-bond acceptors (Lipinski definition) is 5. The molecule has 2 atom stereocenters. The van der Waals surface area contributed by atoms with E-state index in [0.29, 0.717) is 26.0 Å². The van der Waals surface area contributed by atoms with Gasteiger partial charge < -0.3 is 14.6 Å². The molecule has 6 nitrogen and oxygen atoms in total. The van der Waals surface area contributed by atoms with Gasteiger partial charge in [0.2, 0.25) is 17.6 Å². The third-order valence-corrected chi connectivity index (χ3v) is 6.82. The lowest BCUT2D eigenvalue weighted by Crippen LogP contribution is -2.39. The summed E-state index contributed by atoms with van der Waals surface area (Å²) in [7, 11) is 0. The molecule has 0 saturated carbocycles. The summed E-state index contributed by atoms with van der Waals surface area (Å²) in [6.07, 6.45) is -2.95. The highest BCUT2D eigenvalue weighted by atomic mass is 79.9. The fraction of sp³-hybridized carbons (Fsp3) is 0.500. The van der Waals surface area contributed by atoms with E-state index in [9.17, 15) is 17.6 Å². The normalized spacial score (nSPS) is 21.2. The molecular formula is C22H22BrF4N5O. The van der Waals surface area contributed by atoms with E-state index in [1.165, 1.54) is 0 Å². The van der Waals surface area contributed by atoms with E-state index in [1.807, 2.05) is 18.2 Å². The van der Waals surface area contributed by atoms with E-state index < -0.39 is 24.5 Å². The number of aromatic amines is 1. The number of rotatable bonds is 5. The van der Waals surface area contributed by atoms with Crippen molar-refractivity contribution < 1.29 is 22.3 Å². The Hall–Kier alpha value is -2.27. The summed E-state index contributed by atoms with van der Waals surface area (Å²) in [5.41, 5.74) is 3.05. The largest absolute Gasteiger partial charge is 0.381 e. The second-order valence-electron chi connectivity index (χ2n) is 8.44. The van der Waals surface area contributed by atoms with Gasteiger partial charge in [-0.1, -0.05) is 15.9 Å². The van der Waals surface area contributed by atoms with E-state index in [0.717, 1.165) is 46.1 Å². The predicted molar refractivity (Wildman–Crippen MR) is 118 cm³/mol. The number of halogens is 5. The molecule has 0 aliphatic carbocycles. The highest BCUT2D eigenvalue weighted by molar-refractivity contribution is 9.10. The average Bonchev–Trinajstić information content (AvgIpc) is 3.18. The number of ether oxygens (including phenoxy) is 1. The Morgan fingerprint density at radius 2 is 1.88 bits per heavy atom. The molecule has 1 saturated heterocycles. The standard InChI is InChI=1S/C22H22BrF4N5O/c23-12-3-4-15-14(9-12)13-5-6-32(16(17(13)28-15)8-11-2-1-7-33-10-11)22-30-20(18(24)25)29-21(31-22)19(26)27/h3-4,9,11,16,18-19,28H,1-2,5-8,10H2/t11-,16+/m1/s1. The molecule has 4 heterocycles. The molecule has 33 heavy (non-hydrogen) atoms. The Kier molecular flexibility index (Phi) is 6.26. The molecule has 1 N–H and O–H groups in total. The van der Waals surface area contributed by atoms with Gasteiger partial charge in [0.25, 0.3) is 12.9 Å². The molecule has 3 aromatic rings. The first-order chi connectivity index (χ1) is 15.9. The van der Waals surface area contributed by atoms with Crippen LogP contribution in [-0.2, 0) is 11.2 Å². The van der Waals surface area contributed by atoms with Gasteiger partial charge in [-0.25, -0.2) is 22.5 Å². The molecule has 0 unspecified atom stereocenters. The van der Waals surface area contributed by atoms with Gasteiger partial charge >= 0.3 is 0 Å². The minimum absolute atomic E-state index is 0.136. The van der Waals surface area contributed by atoms with Crippen LogP contribution in [0.2, 0.25) is 0 Å². The second kappa shape index (κ2) is 9.17. The zero-order valence-electron chi connectivity index (χ0n) is 17.6. The highest BCUT2D eigenvalue weighted by Crippen LogP contribution is 2.41. The van der Waals surface area contributed by atoms with Crippen LogP contribution in [0.1, 0.15) is 61.1 Å². The van der Waals surface area contributed by atoms with Crippen LogP contribution in [0.15, 0.2) is 22.7 Å². The van der Waals surface area contributed by atoms with Gasteiger partial charge in [0.1, 0.15) is 0 Å². The van der Waals surface area contributed by atoms with Gasteiger partial charge in [-0.2, -0.15) is 9.97 Å². The SMILES string of the molecule is FC(F)c1nc(C(F)F)nc(N2CCc3c([nH]c4ccc(Br)cc34)[C@@H]2C[C@H]2CCCOC2)n1. The lowest BCUT2D eigenvalue weighted by molar-refractivity contribution is 0.0483. The number of anilines is 1.